The van der Waals surface area contributed by atoms with Crippen molar-refractivity contribution < 1.29 is 32.9 Å². The quantitative estimate of drug-likeness (QED) is 0.0272. The number of unbranched alkanes of at least 4 members (excludes halogenated alkanes) is 41. The van der Waals surface area contributed by atoms with E-state index >= 15 is 0 Å². The summed E-state index contributed by atoms with van der Waals surface area (Å²) in [5.74, 6) is -0.195. The van der Waals surface area contributed by atoms with Crippen LogP contribution in [0.2, 0.25) is 0 Å². The highest BCUT2D eigenvalue weighted by atomic mass is 31.2. The Kier molecular flexibility index (Phi) is 63.3. The Morgan fingerprint density at radius 2 is 0.726 bits per heavy atom. The predicted octanol–water partition coefficient (Wildman–Crippen LogP) is 22.5. The topological polar surface area (TPSA) is 108 Å². The first-order valence-corrected chi connectivity index (χ1v) is 37.4. The Hall–Kier alpha value is -2.32. The van der Waals surface area contributed by atoms with E-state index in [9.17, 15) is 19.4 Å². The second kappa shape index (κ2) is 65.1. The number of carbonyl (C=O) groups excluding carboxylic acids is 1. The smallest absolute Gasteiger partial charge is 0.268 e. The van der Waals surface area contributed by atoms with E-state index in [4.69, 9.17) is 9.05 Å². The molecule has 0 aromatic rings. The number of amides is 1. The van der Waals surface area contributed by atoms with Crippen LogP contribution in [0.25, 0.3) is 0 Å². The first kappa shape index (κ1) is 81.7. The number of likely N-dealkylation sites (N-methyl/N-ethyl adjacent to an activating group) is 1. The standard InChI is InChI=1S/C75H139N2O6P/c1-6-8-10-12-14-16-18-20-22-24-26-28-30-32-34-35-36-37-38-39-40-41-43-45-47-49-51-53-55-57-59-61-63-65-67-69-75(79)76-73(72-83-84(80,81)82-71-70-77(3,4)5)74(78)68-66-64-62-60-58-56-54-52-50-48-46-44-42-33-31-29-27-25-23-21-19-17-15-13-11-9-7-2/h8,10,14,16,20,22,26,28,32,34,36-37,66,68,73-74,78H,6-7,9,11-13,15,17-19,21,23-25,27,29-31,33,35,38-65,67,69-72H2,1-5H3,(H-,76,79,80,81)/b10-8-,16-14-,22-20-,28-26-,34-32-,37-36-,68-66+. The average Bonchev–Trinajstić information content (AvgIpc) is 3.56. The average molecular weight is 1200 g/mol. The second-order valence-electron chi connectivity index (χ2n) is 25.6. The van der Waals surface area contributed by atoms with Crippen molar-refractivity contribution in [2.45, 2.75) is 347 Å². The number of nitrogens with one attached hydrogen (secondary N) is 1. The number of quaternary nitrogens is 1. The molecule has 3 atom stereocenters. The van der Waals surface area contributed by atoms with Crippen LogP contribution in [0.4, 0.5) is 0 Å². The molecule has 8 nitrogen and oxygen atoms in total. The zero-order chi connectivity index (χ0) is 61.2. The Bertz CT molecular complexity index is 1650. The van der Waals surface area contributed by atoms with Gasteiger partial charge in [0.1, 0.15) is 13.2 Å². The van der Waals surface area contributed by atoms with E-state index in [1.807, 2.05) is 27.2 Å². The summed E-state index contributed by atoms with van der Waals surface area (Å²) in [5, 5.41) is 14.0. The number of phosphoric ester groups is 1. The SMILES string of the molecule is CC/C=C\C/C=C\C/C=C\C/C=C\C/C=C\C/C=C\CCCCCCCCCCCCCCCCCCC(=O)NC(COP(=O)([O-])OCC[N+](C)(C)C)C(O)/C=C/CCCCCCCCCCCCCCCCCCCCCCCCCCC. The van der Waals surface area contributed by atoms with Crippen LogP contribution in [0, 0.1) is 0 Å². The van der Waals surface area contributed by atoms with E-state index < -0.39 is 20.0 Å². The molecule has 0 aromatic carbocycles. The lowest BCUT2D eigenvalue weighted by atomic mass is 10.0. The Balaban J connectivity index is 4.05. The van der Waals surface area contributed by atoms with E-state index in [0.717, 1.165) is 77.0 Å². The molecule has 0 saturated heterocycles. The van der Waals surface area contributed by atoms with Gasteiger partial charge in [-0.2, -0.15) is 0 Å². The van der Waals surface area contributed by atoms with Gasteiger partial charge < -0.3 is 28.8 Å². The third kappa shape index (κ3) is 67.2. The van der Waals surface area contributed by atoms with E-state index in [2.05, 4.69) is 92.1 Å². The summed E-state index contributed by atoms with van der Waals surface area (Å²) < 4.78 is 23.5. The molecule has 1 amide bonds. The van der Waals surface area contributed by atoms with Crippen molar-refractivity contribution in [3.05, 3.63) is 85.1 Å². The van der Waals surface area contributed by atoms with Crippen LogP contribution in [0.5, 0.6) is 0 Å². The molecule has 84 heavy (non-hydrogen) atoms. The molecule has 0 aliphatic heterocycles. The van der Waals surface area contributed by atoms with Crippen molar-refractivity contribution >= 4 is 13.7 Å². The minimum Gasteiger partial charge on any atom is -0.756 e. The van der Waals surface area contributed by atoms with Gasteiger partial charge in [0.05, 0.1) is 39.9 Å². The summed E-state index contributed by atoms with van der Waals surface area (Å²) >= 11 is 0. The lowest BCUT2D eigenvalue weighted by Gasteiger charge is -2.29. The number of allylic oxidation sites excluding steroid dienone is 13. The third-order valence-corrected chi connectivity index (χ3v) is 17.1. The molecule has 0 aromatic heterocycles. The van der Waals surface area contributed by atoms with Gasteiger partial charge in [0, 0.05) is 6.42 Å². The number of carbonyl (C=O) groups is 1. The summed E-state index contributed by atoms with van der Waals surface area (Å²) in [6.07, 6.45) is 92.8. The maximum Gasteiger partial charge on any atom is 0.268 e. The highest BCUT2D eigenvalue weighted by molar-refractivity contribution is 7.45. The molecular formula is C75H139N2O6P. The van der Waals surface area contributed by atoms with Gasteiger partial charge in [-0.3, -0.25) is 9.36 Å². The van der Waals surface area contributed by atoms with Crippen LogP contribution < -0.4 is 10.2 Å². The van der Waals surface area contributed by atoms with E-state index in [1.54, 1.807) is 6.08 Å². The Morgan fingerprint density at radius 3 is 1.06 bits per heavy atom. The molecule has 2 N–H and O–H groups in total. The van der Waals surface area contributed by atoms with Crippen molar-refractivity contribution in [2.24, 2.45) is 0 Å². The van der Waals surface area contributed by atoms with Crippen LogP contribution >= 0.6 is 7.82 Å². The molecule has 0 heterocycles. The summed E-state index contributed by atoms with van der Waals surface area (Å²) in [6, 6.07) is -0.891. The molecule has 0 saturated carbocycles. The molecular weight excluding hydrogens is 1060 g/mol. The van der Waals surface area contributed by atoms with Crippen LogP contribution in [-0.2, 0) is 18.4 Å². The van der Waals surface area contributed by atoms with Crippen molar-refractivity contribution in [1.82, 2.24) is 5.32 Å². The molecule has 0 rings (SSSR count). The number of nitrogens with zero attached hydrogens (tertiary/aromatic N) is 1. The molecule has 0 aliphatic carbocycles. The fraction of sp³-hybridized carbons (Fsp3) is 0.800. The third-order valence-electron chi connectivity index (χ3n) is 16.1. The van der Waals surface area contributed by atoms with Crippen LogP contribution in [0.3, 0.4) is 0 Å². The van der Waals surface area contributed by atoms with Gasteiger partial charge in [-0.15, -0.1) is 0 Å². The highest BCUT2D eigenvalue weighted by Gasteiger charge is 2.23. The molecule has 0 spiro atoms. The normalized spacial score (nSPS) is 14.1. The van der Waals surface area contributed by atoms with Crippen molar-refractivity contribution in [3.63, 3.8) is 0 Å². The van der Waals surface area contributed by atoms with Crippen LogP contribution in [0.15, 0.2) is 85.1 Å². The second-order valence-corrected chi connectivity index (χ2v) is 27.0. The zero-order valence-corrected chi connectivity index (χ0v) is 57.0. The number of aliphatic hydroxyl groups excluding tert-OH is 1. The summed E-state index contributed by atoms with van der Waals surface area (Å²) in [5.41, 5.74) is 0. The maximum absolute atomic E-state index is 13.1. The summed E-state index contributed by atoms with van der Waals surface area (Å²) in [6.45, 7) is 4.58. The van der Waals surface area contributed by atoms with E-state index in [0.29, 0.717) is 17.4 Å². The lowest BCUT2D eigenvalue weighted by Crippen LogP contribution is -2.45. The molecule has 9 heteroatoms. The first-order chi connectivity index (χ1) is 41.0. The maximum atomic E-state index is 13.1. The lowest BCUT2D eigenvalue weighted by molar-refractivity contribution is -0.870. The fourth-order valence-electron chi connectivity index (χ4n) is 10.6. The molecule has 0 radical (unpaired) electrons. The van der Waals surface area contributed by atoms with Crippen LogP contribution in [0.1, 0.15) is 335 Å². The van der Waals surface area contributed by atoms with Crippen molar-refractivity contribution in [3.8, 4) is 0 Å². The number of phosphoric acid groups is 1. The zero-order valence-electron chi connectivity index (χ0n) is 56.1. The van der Waals surface area contributed by atoms with Crippen molar-refractivity contribution in [2.75, 3.05) is 40.9 Å². The number of aliphatic hydroxyl groups is 1. The van der Waals surface area contributed by atoms with E-state index in [1.165, 1.54) is 238 Å². The van der Waals surface area contributed by atoms with Gasteiger partial charge in [0.15, 0.2) is 0 Å². The van der Waals surface area contributed by atoms with Crippen LogP contribution in [-0.4, -0.2) is 68.5 Å². The monoisotopic (exact) mass is 1200 g/mol. The molecule has 0 bridgehead atoms. The van der Waals surface area contributed by atoms with Crippen molar-refractivity contribution in [1.29, 1.82) is 0 Å². The van der Waals surface area contributed by atoms with Gasteiger partial charge in [-0.25, -0.2) is 0 Å². The van der Waals surface area contributed by atoms with Gasteiger partial charge in [0.2, 0.25) is 5.91 Å². The molecule has 0 fully saturated rings. The molecule has 490 valence electrons. The Morgan fingerprint density at radius 1 is 0.429 bits per heavy atom. The fourth-order valence-corrected chi connectivity index (χ4v) is 11.3. The first-order valence-electron chi connectivity index (χ1n) is 35.9. The molecule has 3 unspecified atom stereocenters. The van der Waals surface area contributed by atoms with Gasteiger partial charge >= 0.3 is 0 Å². The molecule has 0 aliphatic rings. The highest BCUT2D eigenvalue weighted by Crippen LogP contribution is 2.38. The van der Waals surface area contributed by atoms with Gasteiger partial charge in [0.25, 0.3) is 7.82 Å². The number of hydrogen-bond acceptors (Lipinski definition) is 6. The Labute approximate surface area is 522 Å². The van der Waals surface area contributed by atoms with Gasteiger partial charge in [-0.05, 0) is 70.6 Å². The van der Waals surface area contributed by atoms with E-state index in [-0.39, 0.29) is 19.1 Å². The number of hydrogen-bond donors (Lipinski definition) is 2. The largest absolute Gasteiger partial charge is 0.756 e. The number of rotatable bonds is 66. The van der Waals surface area contributed by atoms with Gasteiger partial charge in [-0.1, -0.05) is 343 Å². The minimum atomic E-state index is -4.61. The minimum absolute atomic E-state index is 0.00214. The summed E-state index contributed by atoms with van der Waals surface area (Å²) in [7, 11) is 1.27. The summed E-state index contributed by atoms with van der Waals surface area (Å²) in [4.78, 5) is 25.7. The predicted molar refractivity (Wildman–Crippen MR) is 367 cm³/mol.